The zero-order chi connectivity index (χ0) is 24.5. The largest absolute Gasteiger partial charge is 0.386 e. The van der Waals surface area contributed by atoms with Crippen molar-refractivity contribution in [1.29, 1.82) is 0 Å². The van der Waals surface area contributed by atoms with Gasteiger partial charge in [-0.05, 0) is 94.7 Å². The van der Waals surface area contributed by atoms with E-state index in [0.29, 0.717) is 22.9 Å². The standard InChI is InChI=1S/C28H36N4O2/c1-18(2)20-9-11-21(12-10-20)24-15-16-32(31-24)22-13-14-25(23(17-22)28(4,5)34)30-27(33)26-8-6-7-19(3)29-26/h6-8,13-18,20-21,34H,9-12H2,1-5H3,(H,30,33)/t20-,21-. The fraction of sp³-hybridized carbons (Fsp3) is 0.464. The number of anilines is 1. The summed E-state index contributed by atoms with van der Waals surface area (Å²) < 4.78 is 1.87. The van der Waals surface area contributed by atoms with Gasteiger partial charge in [-0.25, -0.2) is 9.67 Å². The third-order valence-corrected chi connectivity index (χ3v) is 7.04. The van der Waals surface area contributed by atoms with Crippen LogP contribution in [0.2, 0.25) is 0 Å². The van der Waals surface area contributed by atoms with E-state index in [1.165, 1.54) is 25.7 Å². The number of hydrogen-bond donors (Lipinski definition) is 2. The molecule has 1 aliphatic rings. The van der Waals surface area contributed by atoms with Crippen molar-refractivity contribution in [2.75, 3.05) is 5.32 Å². The van der Waals surface area contributed by atoms with Crippen LogP contribution in [0.1, 0.15) is 86.7 Å². The van der Waals surface area contributed by atoms with Crippen molar-refractivity contribution in [3.05, 3.63) is 71.3 Å². The Hall–Kier alpha value is -2.99. The van der Waals surface area contributed by atoms with Crippen LogP contribution in [0.25, 0.3) is 5.69 Å². The summed E-state index contributed by atoms with van der Waals surface area (Å²) in [5, 5.41) is 18.7. The molecule has 6 nitrogen and oxygen atoms in total. The molecular weight excluding hydrogens is 424 g/mol. The fourth-order valence-corrected chi connectivity index (χ4v) is 4.93. The predicted molar refractivity (Wildman–Crippen MR) is 135 cm³/mol. The average molecular weight is 461 g/mol. The van der Waals surface area contributed by atoms with Gasteiger partial charge in [0.25, 0.3) is 5.91 Å². The molecule has 1 aromatic carbocycles. The molecule has 0 atom stereocenters. The van der Waals surface area contributed by atoms with Crippen LogP contribution in [0, 0.1) is 18.8 Å². The van der Waals surface area contributed by atoms with Gasteiger partial charge in [-0.15, -0.1) is 0 Å². The monoisotopic (exact) mass is 460 g/mol. The summed E-state index contributed by atoms with van der Waals surface area (Å²) >= 11 is 0. The number of amides is 1. The van der Waals surface area contributed by atoms with Crippen LogP contribution < -0.4 is 5.32 Å². The van der Waals surface area contributed by atoms with E-state index in [1.807, 2.05) is 48.1 Å². The van der Waals surface area contributed by atoms with E-state index in [2.05, 4.69) is 30.2 Å². The number of pyridine rings is 1. The van der Waals surface area contributed by atoms with Gasteiger partial charge in [0.15, 0.2) is 0 Å². The predicted octanol–water partition coefficient (Wildman–Crippen LogP) is 5.99. The quantitative estimate of drug-likeness (QED) is 0.474. The van der Waals surface area contributed by atoms with Gasteiger partial charge in [-0.1, -0.05) is 19.9 Å². The van der Waals surface area contributed by atoms with Crippen molar-refractivity contribution in [3.8, 4) is 5.69 Å². The topological polar surface area (TPSA) is 80.0 Å². The first-order chi connectivity index (χ1) is 16.1. The van der Waals surface area contributed by atoms with Gasteiger partial charge >= 0.3 is 0 Å². The van der Waals surface area contributed by atoms with Gasteiger partial charge in [0.2, 0.25) is 0 Å². The molecule has 2 aromatic heterocycles. The summed E-state index contributed by atoms with van der Waals surface area (Å²) in [6, 6.07) is 13.1. The highest BCUT2D eigenvalue weighted by Gasteiger charge is 2.26. The Labute approximate surface area is 202 Å². The second-order valence-electron chi connectivity index (χ2n) is 10.4. The molecule has 0 radical (unpaired) electrons. The van der Waals surface area contributed by atoms with Crippen molar-refractivity contribution in [2.45, 2.75) is 71.8 Å². The van der Waals surface area contributed by atoms with E-state index >= 15 is 0 Å². The molecule has 0 unspecified atom stereocenters. The SMILES string of the molecule is Cc1cccc(C(=O)Nc2ccc(-n3ccc([C@H]4CC[C@H](C(C)C)CC4)n3)cc2C(C)(C)O)n1. The van der Waals surface area contributed by atoms with Crippen molar-refractivity contribution in [2.24, 2.45) is 11.8 Å². The molecule has 3 aromatic rings. The van der Waals surface area contributed by atoms with Crippen molar-refractivity contribution < 1.29 is 9.90 Å². The number of carbonyl (C=O) groups excluding carboxylic acids is 1. The van der Waals surface area contributed by atoms with E-state index in [0.717, 1.165) is 28.9 Å². The molecule has 0 saturated heterocycles. The lowest BCUT2D eigenvalue weighted by Gasteiger charge is -2.30. The van der Waals surface area contributed by atoms with Crippen molar-refractivity contribution in [3.63, 3.8) is 0 Å². The minimum absolute atomic E-state index is 0.305. The minimum atomic E-state index is -1.15. The Kier molecular flexibility index (Phi) is 6.89. The molecule has 1 saturated carbocycles. The smallest absolute Gasteiger partial charge is 0.274 e. The number of carbonyl (C=O) groups is 1. The number of nitrogens with zero attached hydrogens (tertiary/aromatic N) is 3. The lowest BCUT2D eigenvalue weighted by molar-refractivity contribution is 0.0792. The molecule has 180 valence electrons. The molecule has 0 spiro atoms. The van der Waals surface area contributed by atoms with Crippen molar-refractivity contribution >= 4 is 11.6 Å². The first kappa shape index (κ1) is 24.1. The zero-order valence-corrected chi connectivity index (χ0v) is 20.9. The highest BCUT2D eigenvalue weighted by atomic mass is 16.3. The fourth-order valence-electron chi connectivity index (χ4n) is 4.93. The van der Waals surface area contributed by atoms with E-state index in [4.69, 9.17) is 5.10 Å². The Morgan fingerprint density at radius 1 is 1.12 bits per heavy atom. The summed E-state index contributed by atoms with van der Waals surface area (Å²) in [6.45, 7) is 9.93. The number of nitrogens with one attached hydrogen (secondary N) is 1. The Morgan fingerprint density at radius 2 is 1.85 bits per heavy atom. The van der Waals surface area contributed by atoms with Crippen LogP contribution >= 0.6 is 0 Å². The summed E-state index contributed by atoms with van der Waals surface area (Å²) in [5.41, 5.74) is 3.14. The van der Waals surface area contributed by atoms with Gasteiger partial charge in [-0.2, -0.15) is 5.10 Å². The number of aliphatic hydroxyl groups is 1. The summed E-state index contributed by atoms with van der Waals surface area (Å²) in [7, 11) is 0. The van der Waals surface area contributed by atoms with Gasteiger partial charge < -0.3 is 10.4 Å². The van der Waals surface area contributed by atoms with Crippen LogP contribution in [0.5, 0.6) is 0 Å². The molecule has 2 N–H and O–H groups in total. The number of hydrogen-bond acceptors (Lipinski definition) is 4. The maximum absolute atomic E-state index is 12.8. The van der Waals surface area contributed by atoms with E-state index in [-0.39, 0.29) is 5.91 Å². The highest BCUT2D eigenvalue weighted by molar-refractivity contribution is 6.03. The molecule has 0 aliphatic heterocycles. The number of aryl methyl sites for hydroxylation is 1. The van der Waals surface area contributed by atoms with E-state index < -0.39 is 5.60 Å². The van der Waals surface area contributed by atoms with Gasteiger partial charge in [0.1, 0.15) is 5.69 Å². The Bertz CT molecular complexity index is 1150. The average Bonchev–Trinajstić information content (AvgIpc) is 3.29. The third kappa shape index (κ3) is 5.39. The molecule has 1 fully saturated rings. The van der Waals surface area contributed by atoms with Crippen LogP contribution in [-0.4, -0.2) is 25.8 Å². The summed E-state index contributed by atoms with van der Waals surface area (Å²) in [5.74, 6) is 1.77. The first-order valence-electron chi connectivity index (χ1n) is 12.3. The van der Waals surface area contributed by atoms with Gasteiger partial charge in [-0.3, -0.25) is 4.79 Å². The second kappa shape index (κ2) is 9.71. The molecule has 1 aliphatic carbocycles. The van der Waals surface area contributed by atoms with E-state index in [9.17, 15) is 9.90 Å². The summed E-state index contributed by atoms with van der Waals surface area (Å²) in [4.78, 5) is 17.1. The lowest BCUT2D eigenvalue weighted by atomic mass is 9.76. The summed E-state index contributed by atoms with van der Waals surface area (Å²) in [6.07, 6.45) is 6.90. The number of benzene rings is 1. The molecule has 4 rings (SSSR count). The van der Waals surface area contributed by atoms with Crippen molar-refractivity contribution in [1.82, 2.24) is 14.8 Å². The van der Waals surface area contributed by atoms with Crippen LogP contribution in [-0.2, 0) is 5.60 Å². The van der Waals surface area contributed by atoms with Crippen LogP contribution in [0.4, 0.5) is 5.69 Å². The lowest BCUT2D eigenvalue weighted by Crippen LogP contribution is -2.22. The van der Waals surface area contributed by atoms with Gasteiger partial charge in [0.05, 0.1) is 17.0 Å². The maximum Gasteiger partial charge on any atom is 0.274 e. The molecule has 0 bridgehead atoms. The minimum Gasteiger partial charge on any atom is -0.386 e. The van der Waals surface area contributed by atoms with E-state index in [1.54, 1.807) is 19.9 Å². The van der Waals surface area contributed by atoms with Gasteiger partial charge in [0, 0.05) is 29.1 Å². The van der Waals surface area contributed by atoms with Crippen LogP contribution in [0.3, 0.4) is 0 Å². The molecule has 6 heteroatoms. The first-order valence-corrected chi connectivity index (χ1v) is 12.3. The Balaban J connectivity index is 1.56. The molecule has 34 heavy (non-hydrogen) atoms. The number of rotatable bonds is 6. The zero-order valence-electron chi connectivity index (χ0n) is 20.9. The van der Waals surface area contributed by atoms with Crippen LogP contribution in [0.15, 0.2) is 48.7 Å². The third-order valence-electron chi connectivity index (χ3n) is 7.04. The second-order valence-corrected chi connectivity index (χ2v) is 10.4. The number of aromatic nitrogens is 3. The molecular formula is C28H36N4O2. The molecule has 2 heterocycles. The maximum atomic E-state index is 12.8. The highest BCUT2D eigenvalue weighted by Crippen LogP contribution is 2.38. The normalized spacial score (nSPS) is 18.8. The molecule has 1 amide bonds. The Morgan fingerprint density at radius 3 is 2.50 bits per heavy atom.